The van der Waals surface area contributed by atoms with Gasteiger partial charge in [0.15, 0.2) is 0 Å². The molecule has 2 aliphatic rings. The molecule has 0 N–H and O–H groups in total. The van der Waals surface area contributed by atoms with E-state index < -0.39 is 0 Å². The number of nitrogens with zero attached hydrogens (tertiary/aromatic N) is 2. The third-order valence-corrected chi connectivity index (χ3v) is 4.30. The van der Waals surface area contributed by atoms with E-state index in [9.17, 15) is 0 Å². The van der Waals surface area contributed by atoms with Gasteiger partial charge in [-0.3, -0.25) is 9.80 Å². The lowest BCUT2D eigenvalue weighted by Gasteiger charge is -2.46. The van der Waals surface area contributed by atoms with E-state index >= 15 is 0 Å². The van der Waals surface area contributed by atoms with Crippen molar-refractivity contribution in [3.8, 4) is 0 Å². The zero-order valence-corrected chi connectivity index (χ0v) is 11.3. The SMILES string of the molecule is CC(C)CC(C)N1CCN2CCCCC2C1. The highest BCUT2D eigenvalue weighted by atomic mass is 15.3. The van der Waals surface area contributed by atoms with Crippen LogP contribution in [0.25, 0.3) is 0 Å². The molecule has 2 fully saturated rings. The number of piperidine rings is 1. The van der Waals surface area contributed by atoms with E-state index in [1.54, 1.807) is 0 Å². The molecule has 0 aromatic heterocycles. The monoisotopic (exact) mass is 224 g/mol. The van der Waals surface area contributed by atoms with Gasteiger partial charge in [0.05, 0.1) is 0 Å². The van der Waals surface area contributed by atoms with Gasteiger partial charge in [-0.1, -0.05) is 20.3 Å². The highest BCUT2D eigenvalue weighted by molar-refractivity contribution is 4.87. The fraction of sp³-hybridized carbons (Fsp3) is 1.00. The molecule has 2 saturated heterocycles. The smallest absolute Gasteiger partial charge is 0.0223 e. The van der Waals surface area contributed by atoms with Crippen LogP contribution in [0.15, 0.2) is 0 Å². The summed E-state index contributed by atoms with van der Waals surface area (Å²) in [6.45, 7) is 12.4. The van der Waals surface area contributed by atoms with Crippen LogP contribution in [0.2, 0.25) is 0 Å². The van der Waals surface area contributed by atoms with Gasteiger partial charge in [-0.15, -0.1) is 0 Å². The molecule has 0 spiro atoms. The predicted octanol–water partition coefficient (Wildman–Crippen LogP) is 2.59. The van der Waals surface area contributed by atoms with Gasteiger partial charge >= 0.3 is 0 Å². The first kappa shape index (κ1) is 12.4. The van der Waals surface area contributed by atoms with Crippen molar-refractivity contribution < 1.29 is 0 Å². The third-order valence-electron chi connectivity index (χ3n) is 4.30. The summed E-state index contributed by atoms with van der Waals surface area (Å²) in [5, 5.41) is 0. The van der Waals surface area contributed by atoms with Crippen LogP contribution >= 0.6 is 0 Å². The number of hydrogen-bond acceptors (Lipinski definition) is 2. The Morgan fingerprint density at radius 3 is 2.62 bits per heavy atom. The topological polar surface area (TPSA) is 6.48 Å². The summed E-state index contributed by atoms with van der Waals surface area (Å²) in [6.07, 6.45) is 5.67. The number of rotatable bonds is 3. The van der Waals surface area contributed by atoms with Gasteiger partial charge in [-0.2, -0.15) is 0 Å². The minimum absolute atomic E-state index is 0.782. The molecule has 0 radical (unpaired) electrons. The Morgan fingerprint density at radius 2 is 1.88 bits per heavy atom. The molecular formula is C14H28N2. The molecule has 0 amide bonds. The van der Waals surface area contributed by atoms with E-state index in [0.29, 0.717) is 0 Å². The molecule has 16 heavy (non-hydrogen) atoms. The van der Waals surface area contributed by atoms with Crippen molar-refractivity contribution in [3.05, 3.63) is 0 Å². The maximum Gasteiger partial charge on any atom is 0.0223 e. The molecule has 2 nitrogen and oxygen atoms in total. The molecule has 0 saturated carbocycles. The zero-order valence-electron chi connectivity index (χ0n) is 11.3. The zero-order chi connectivity index (χ0) is 11.5. The lowest BCUT2D eigenvalue weighted by molar-refractivity contribution is 0.0268. The fourth-order valence-corrected chi connectivity index (χ4v) is 3.41. The van der Waals surface area contributed by atoms with Gasteiger partial charge in [-0.25, -0.2) is 0 Å². The summed E-state index contributed by atoms with van der Waals surface area (Å²) in [7, 11) is 0. The average molecular weight is 224 g/mol. The third kappa shape index (κ3) is 2.98. The van der Waals surface area contributed by atoms with Crippen molar-refractivity contribution in [1.29, 1.82) is 0 Å². The Kier molecular flexibility index (Phi) is 4.26. The molecule has 2 rings (SSSR count). The molecule has 94 valence electrons. The van der Waals surface area contributed by atoms with Crippen molar-refractivity contribution in [2.24, 2.45) is 5.92 Å². The molecule has 0 bridgehead atoms. The van der Waals surface area contributed by atoms with Crippen molar-refractivity contribution in [2.45, 2.75) is 58.5 Å². The molecule has 2 atom stereocenters. The largest absolute Gasteiger partial charge is 0.298 e. The average Bonchev–Trinajstić information content (AvgIpc) is 2.27. The Balaban J connectivity index is 1.84. The van der Waals surface area contributed by atoms with Crippen molar-refractivity contribution in [1.82, 2.24) is 9.80 Å². The first-order chi connectivity index (χ1) is 7.66. The Morgan fingerprint density at radius 1 is 1.06 bits per heavy atom. The molecule has 2 heterocycles. The van der Waals surface area contributed by atoms with Crippen molar-refractivity contribution in [3.63, 3.8) is 0 Å². The minimum atomic E-state index is 0.782. The lowest BCUT2D eigenvalue weighted by atomic mass is 9.97. The Labute approximate surface area is 101 Å². The van der Waals surface area contributed by atoms with Crippen molar-refractivity contribution >= 4 is 0 Å². The van der Waals surface area contributed by atoms with Gasteiger partial charge in [-0.05, 0) is 38.6 Å². The van der Waals surface area contributed by atoms with Crippen LogP contribution in [0, 0.1) is 5.92 Å². The summed E-state index contributed by atoms with van der Waals surface area (Å²) in [5.41, 5.74) is 0. The molecule has 0 aromatic carbocycles. The molecule has 2 unspecified atom stereocenters. The molecular weight excluding hydrogens is 196 g/mol. The first-order valence-electron chi connectivity index (χ1n) is 7.15. The van der Waals surface area contributed by atoms with Gasteiger partial charge in [0, 0.05) is 31.7 Å². The standard InChI is InChI=1S/C14H28N2/c1-12(2)10-13(3)16-9-8-15-7-5-4-6-14(15)11-16/h12-14H,4-11H2,1-3H3. The summed E-state index contributed by atoms with van der Waals surface area (Å²) in [4.78, 5) is 5.45. The maximum atomic E-state index is 2.73. The van der Waals surface area contributed by atoms with Crippen LogP contribution in [0.5, 0.6) is 0 Å². The van der Waals surface area contributed by atoms with E-state index in [0.717, 1.165) is 18.0 Å². The summed E-state index contributed by atoms with van der Waals surface area (Å²) < 4.78 is 0. The number of hydrogen-bond donors (Lipinski definition) is 0. The van der Waals surface area contributed by atoms with E-state index in [1.807, 2.05) is 0 Å². The van der Waals surface area contributed by atoms with E-state index in [-0.39, 0.29) is 0 Å². The maximum absolute atomic E-state index is 2.73. The molecule has 0 aromatic rings. The van der Waals surface area contributed by atoms with Gasteiger partial charge in [0.2, 0.25) is 0 Å². The Hall–Kier alpha value is -0.0800. The Bertz CT molecular complexity index is 215. The lowest BCUT2D eigenvalue weighted by Crippen LogP contribution is -2.56. The normalized spacial score (nSPS) is 30.4. The van der Waals surface area contributed by atoms with Gasteiger partial charge in [0.1, 0.15) is 0 Å². The molecule has 0 aliphatic carbocycles. The summed E-state index contributed by atoms with van der Waals surface area (Å²) in [5.74, 6) is 0.833. The summed E-state index contributed by atoms with van der Waals surface area (Å²) in [6, 6.07) is 1.65. The van der Waals surface area contributed by atoms with Crippen LogP contribution in [0.3, 0.4) is 0 Å². The molecule has 2 aliphatic heterocycles. The van der Waals surface area contributed by atoms with Gasteiger partial charge < -0.3 is 0 Å². The van der Waals surface area contributed by atoms with Crippen LogP contribution in [0.1, 0.15) is 46.5 Å². The van der Waals surface area contributed by atoms with E-state index in [4.69, 9.17) is 0 Å². The van der Waals surface area contributed by atoms with Crippen LogP contribution in [-0.4, -0.2) is 48.1 Å². The van der Waals surface area contributed by atoms with Crippen LogP contribution in [-0.2, 0) is 0 Å². The number of fused-ring (bicyclic) bond motifs is 1. The van der Waals surface area contributed by atoms with E-state index in [2.05, 4.69) is 30.6 Å². The first-order valence-corrected chi connectivity index (χ1v) is 7.15. The second kappa shape index (κ2) is 5.50. The predicted molar refractivity (Wildman–Crippen MR) is 69.7 cm³/mol. The highest BCUT2D eigenvalue weighted by Gasteiger charge is 2.30. The second-order valence-corrected chi connectivity index (χ2v) is 6.16. The summed E-state index contributed by atoms with van der Waals surface area (Å²) >= 11 is 0. The second-order valence-electron chi connectivity index (χ2n) is 6.16. The van der Waals surface area contributed by atoms with Crippen LogP contribution < -0.4 is 0 Å². The van der Waals surface area contributed by atoms with Crippen molar-refractivity contribution in [2.75, 3.05) is 26.2 Å². The minimum Gasteiger partial charge on any atom is -0.298 e. The number of piperazine rings is 1. The van der Waals surface area contributed by atoms with Crippen LogP contribution in [0.4, 0.5) is 0 Å². The quantitative estimate of drug-likeness (QED) is 0.727. The van der Waals surface area contributed by atoms with Gasteiger partial charge in [0.25, 0.3) is 0 Å². The highest BCUT2D eigenvalue weighted by Crippen LogP contribution is 2.23. The molecule has 2 heteroatoms. The van der Waals surface area contributed by atoms with E-state index in [1.165, 1.54) is 51.9 Å². The fourth-order valence-electron chi connectivity index (χ4n) is 3.41.